The third-order valence-electron chi connectivity index (χ3n) is 5.19. The molecule has 2 fully saturated rings. The monoisotopic (exact) mass is 385 g/mol. The summed E-state index contributed by atoms with van der Waals surface area (Å²) in [7, 11) is -3.43. The average Bonchev–Trinajstić information content (AvgIpc) is 2.60. The summed E-state index contributed by atoms with van der Waals surface area (Å²) in [5, 5.41) is 8.63. The number of sulfonamides is 1. The van der Waals surface area contributed by atoms with Crippen molar-refractivity contribution >= 4 is 10.0 Å². The van der Waals surface area contributed by atoms with Gasteiger partial charge in [-0.05, 0) is 55.8 Å². The Morgan fingerprint density at radius 1 is 1.27 bits per heavy atom. The molecule has 0 amide bonds. The average molecular weight is 386 g/mol. The van der Waals surface area contributed by atoms with Crippen LogP contribution >= 0.6 is 0 Å². The molecule has 8 heteroatoms. The lowest BCUT2D eigenvalue weighted by Crippen LogP contribution is -2.42. The van der Waals surface area contributed by atoms with Crippen LogP contribution in [0.15, 0.2) is 24.3 Å². The second-order valence-electron chi connectivity index (χ2n) is 7.42. The van der Waals surface area contributed by atoms with Crippen LogP contribution in [0.1, 0.15) is 37.3 Å². The first-order valence-corrected chi connectivity index (χ1v) is 10.9. The number of nitrogens with one attached hydrogen (secondary N) is 1. The first-order chi connectivity index (χ1) is 12.4. The van der Waals surface area contributed by atoms with Crippen molar-refractivity contribution in [1.29, 1.82) is 0 Å². The van der Waals surface area contributed by atoms with Gasteiger partial charge in [-0.1, -0.05) is 12.1 Å². The third-order valence-corrected chi connectivity index (χ3v) is 6.13. The van der Waals surface area contributed by atoms with Gasteiger partial charge in [0.15, 0.2) is 0 Å². The second-order valence-corrected chi connectivity index (χ2v) is 9.07. The molecule has 2 aliphatic heterocycles. The van der Waals surface area contributed by atoms with E-state index in [1.807, 2.05) is 12.1 Å². The quantitative estimate of drug-likeness (QED) is 0.777. The summed E-state index contributed by atoms with van der Waals surface area (Å²) in [4.78, 5) is 2.17. The predicted molar refractivity (Wildman–Crippen MR) is 98.4 cm³/mol. The number of benzene rings is 1. The van der Waals surface area contributed by atoms with E-state index in [-0.39, 0.29) is 29.6 Å². The molecule has 6 nitrogen and oxygen atoms in total. The summed E-state index contributed by atoms with van der Waals surface area (Å²) in [5.74, 6) is -0.0948. The standard InChI is InChI=1S/C18H28FN3O3S/c19-16-5-3-15(4-6-16)18-10-17(7-8-21-18)25-13-22-9-1-2-14(11-22)12-26(20,23)24/h3-6,14,17-18,21H,1-2,7-13H2,(H2,20,23,24). The van der Waals surface area contributed by atoms with Gasteiger partial charge in [0.2, 0.25) is 10.0 Å². The molecule has 0 spiro atoms. The first-order valence-electron chi connectivity index (χ1n) is 9.22. The van der Waals surface area contributed by atoms with Gasteiger partial charge in [0.25, 0.3) is 0 Å². The number of ether oxygens (including phenoxy) is 1. The van der Waals surface area contributed by atoms with Crippen molar-refractivity contribution in [2.75, 3.05) is 32.1 Å². The van der Waals surface area contributed by atoms with Crippen LogP contribution in [0.3, 0.4) is 0 Å². The van der Waals surface area contributed by atoms with Gasteiger partial charge < -0.3 is 10.1 Å². The molecule has 0 bridgehead atoms. The second kappa shape index (κ2) is 8.75. The molecule has 26 heavy (non-hydrogen) atoms. The Morgan fingerprint density at radius 2 is 2.04 bits per heavy atom. The number of rotatable bonds is 6. The summed E-state index contributed by atoms with van der Waals surface area (Å²) in [6.07, 6.45) is 3.79. The molecule has 3 unspecified atom stereocenters. The van der Waals surface area contributed by atoms with Gasteiger partial charge in [-0.25, -0.2) is 17.9 Å². The predicted octanol–water partition coefficient (Wildman–Crippen LogP) is 1.59. The zero-order chi connectivity index (χ0) is 18.6. The molecule has 0 radical (unpaired) electrons. The zero-order valence-electron chi connectivity index (χ0n) is 14.9. The van der Waals surface area contributed by atoms with E-state index in [4.69, 9.17) is 9.88 Å². The van der Waals surface area contributed by atoms with Gasteiger partial charge in [0, 0.05) is 19.1 Å². The van der Waals surface area contributed by atoms with Gasteiger partial charge in [0.1, 0.15) is 5.82 Å². The van der Waals surface area contributed by atoms with Crippen molar-refractivity contribution in [2.45, 2.75) is 37.8 Å². The molecule has 3 atom stereocenters. The Kier molecular flexibility index (Phi) is 6.63. The molecule has 2 saturated heterocycles. The minimum Gasteiger partial charge on any atom is -0.363 e. The van der Waals surface area contributed by atoms with Crippen molar-refractivity contribution in [1.82, 2.24) is 10.2 Å². The van der Waals surface area contributed by atoms with Crippen molar-refractivity contribution in [3.8, 4) is 0 Å². The number of likely N-dealkylation sites (tertiary alicyclic amines) is 1. The molecule has 0 saturated carbocycles. The normalized spacial score (nSPS) is 28.2. The lowest BCUT2D eigenvalue weighted by Gasteiger charge is -2.35. The van der Waals surface area contributed by atoms with E-state index < -0.39 is 10.0 Å². The fourth-order valence-corrected chi connectivity index (χ4v) is 4.86. The maximum Gasteiger partial charge on any atom is 0.209 e. The molecular weight excluding hydrogens is 357 g/mol. The van der Waals surface area contributed by atoms with Gasteiger partial charge in [0.05, 0.1) is 18.6 Å². The molecule has 2 heterocycles. The van der Waals surface area contributed by atoms with Crippen LogP contribution in [0.5, 0.6) is 0 Å². The van der Waals surface area contributed by atoms with Gasteiger partial charge in [-0.2, -0.15) is 0 Å². The molecule has 0 aromatic heterocycles. The van der Waals surface area contributed by atoms with E-state index in [9.17, 15) is 12.8 Å². The van der Waals surface area contributed by atoms with Crippen LogP contribution in [0.4, 0.5) is 4.39 Å². The lowest BCUT2D eigenvalue weighted by molar-refractivity contribution is -0.0511. The van der Waals surface area contributed by atoms with Crippen molar-refractivity contribution in [3.63, 3.8) is 0 Å². The number of piperidine rings is 2. The molecule has 3 rings (SSSR count). The first kappa shape index (κ1) is 19.7. The van der Waals surface area contributed by atoms with E-state index in [2.05, 4.69) is 10.2 Å². The maximum absolute atomic E-state index is 13.1. The van der Waals surface area contributed by atoms with E-state index in [1.165, 1.54) is 12.1 Å². The number of halogens is 1. The largest absolute Gasteiger partial charge is 0.363 e. The van der Waals surface area contributed by atoms with Crippen molar-refractivity contribution in [3.05, 3.63) is 35.6 Å². The smallest absolute Gasteiger partial charge is 0.209 e. The van der Waals surface area contributed by atoms with E-state index in [1.54, 1.807) is 0 Å². The summed E-state index contributed by atoms with van der Waals surface area (Å²) in [6.45, 7) is 3.01. The fourth-order valence-electron chi connectivity index (χ4n) is 3.93. The number of nitrogens with two attached hydrogens (primary N) is 1. The Balaban J connectivity index is 1.47. The summed E-state index contributed by atoms with van der Waals surface area (Å²) in [6, 6.07) is 6.78. The van der Waals surface area contributed by atoms with Crippen molar-refractivity contribution in [2.24, 2.45) is 11.1 Å². The molecular formula is C18H28FN3O3S. The minimum absolute atomic E-state index is 0.0451. The fraction of sp³-hybridized carbons (Fsp3) is 0.667. The molecule has 146 valence electrons. The topological polar surface area (TPSA) is 84.7 Å². The number of hydrogen-bond acceptors (Lipinski definition) is 5. The highest BCUT2D eigenvalue weighted by Crippen LogP contribution is 2.26. The Morgan fingerprint density at radius 3 is 2.77 bits per heavy atom. The molecule has 1 aromatic rings. The molecule has 3 N–H and O–H groups in total. The Hall–Kier alpha value is -1.06. The van der Waals surface area contributed by atoms with Crippen LogP contribution in [-0.2, 0) is 14.8 Å². The third kappa shape index (κ3) is 5.99. The van der Waals surface area contributed by atoms with Crippen LogP contribution in [-0.4, -0.2) is 51.5 Å². The zero-order valence-corrected chi connectivity index (χ0v) is 15.8. The van der Waals surface area contributed by atoms with Crippen LogP contribution in [0.2, 0.25) is 0 Å². The molecule has 2 aliphatic rings. The molecule has 1 aromatic carbocycles. The van der Waals surface area contributed by atoms with Gasteiger partial charge in [-0.3, -0.25) is 4.90 Å². The van der Waals surface area contributed by atoms with E-state index in [0.717, 1.165) is 44.3 Å². The SMILES string of the molecule is NS(=O)(=O)CC1CCCN(COC2CCNC(c3ccc(F)cc3)C2)C1. The summed E-state index contributed by atoms with van der Waals surface area (Å²) in [5.41, 5.74) is 1.07. The van der Waals surface area contributed by atoms with Crippen LogP contribution in [0, 0.1) is 11.7 Å². The van der Waals surface area contributed by atoms with Crippen LogP contribution < -0.4 is 10.5 Å². The Bertz CT molecular complexity index is 683. The molecule has 0 aliphatic carbocycles. The number of hydrogen-bond donors (Lipinski definition) is 2. The highest BCUT2D eigenvalue weighted by atomic mass is 32.2. The summed E-state index contributed by atoms with van der Waals surface area (Å²) < 4.78 is 41.8. The van der Waals surface area contributed by atoms with Crippen molar-refractivity contribution < 1.29 is 17.5 Å². The number of primary sulfonamides is 1. The Labute approximate surface area is 154 Å². The van der Waals surface area contributed by atoms with Crippen LogP contribution in [0.25, 0.3) is 0 Å². The van der Waals surface area contributed by atoms with E-state index >= 15 is 0 Å². The maximum atomic E-state index is 13.1. The lowest BCUT2D eigenvalue weighted by atomic mass is 9.95. The highest BCUT2D eigenvalue weighted by molar-refractivity contribution is 7.89. The van der Waals surface area contributed by atoms with Gasteiger partial charge >= 0.3 is 0 Å². The number of nitrogens with zero attached hydrogens (tertiary/aromatic N) is 1. The summed E-state index contributed by atoms with van der Waals surface area (Å²) >= 11 is 0. The highest BCUT2D eigenvalue weighted by Gasteiger charge is 2.26. The van der Waals surface area contributed by atoms with E-state index in [0.29, 0.717) is 13.3 Å². The van der Waals surface area contributed by atoms with Gasteiger partial charge in [-0.15, -0.1) is 0 Å². The minimum atomic E-state index is -3.43.